The highest BCUT2D eigenvalue weighted by Gasteiger charge is 2.41. The predicted octanol–water partition coefficient (Wildman–Crippen LogP) is 5.52. The van der Waals surface area contributed by atoms with Gasteiger partial charge in [0.05, 0.1) is 29.3 Å². The van der Waals surface area contributed by atoms with Crippen molar-refractivity contribution >= 4 is 22.9 Å². The van der Waals surface area contributed by atoms with Gasteiger partial charge in [0.25, 0.3) is 0 Å². The van der Waals surface area contributed by atoms with Crippen molar-refractivity contribution in [3.8, 4) is 11.3 Å². The van der Waals surface area contributed by atoms with Gasteiger partial charge in [0, 0.05) is 41.2 Å². The predicted molar refractivity (Wildman–Crippen MR) is 122 cm³/mol. The average molecular weight is 462 g/mol. The summed E-state index contributed by atoms with van der Waals surface area (Å²) in [5.41, 5.74) is 4.46. The molecule has 8 heteroatoms. The van der Waals surface area contributed by atoms with Crippen molar-refractivity contribution in [1.29, 1.82) is 0 Å². The van der Waals surface area contributed by atoms with Gasteiger partial charge in [-0.15, -0.1) is 0 Å². The molecule has 6 rings (SSSR count). The number of fused-ring (bicyclic) bond motifs is 5. The number of nitrogens with zero attached hydrogens (tertiary/aromatic N) is 4. The topological polar surface area (TPSA) is 51.0 Å². The molecule has 2 bridgehead atoms. The minimum Gasteiger partial charge on any atom is -0.358 e. The Morgan fingerprint density at radius 1 is 1.03 bits per heavy atom. The van der Waals surface area contributed by atoms with Crippen LogP contribution in [0.5, 0.6) is 0 Å². The average Bonchev–Trinajstić information content (AvgIpc) is 3.13. The zero-order valence-electron chi connectivity index (χ0n) is 18.4. The smallest absolute Gasteiger partial charge is 0.150 e. The highest BCUT2D eigenvalue weighted by atomic mass is 19.1. The number of carbonyl (C=O) groups excluding carboxylic acids is 1. The number of hydrogen-bond acceptors (Lipinski definition) is 4. The molecule has 0 spiro atoms. The Hall–Kier alpha value is -3.68. The standard InChI is InChI=1S/C26H21F3N4O/c1-32-26(16-7-17(27)10-18(28)8-16)21-11-19-3-2-4-23(25(21)31-32)33(19)20-9-15-5-14(13-34)6-22(29)24(15)30-12-20/h5-10,12-13,19,23H,2-4,11H2,1H3/t19-,23+/m1/s1. The fourth-order valence-electron chi connectivity index (χ4n) is 5.71. The number of aldehydes is 1. The zero-order valence-corrected chi connectivity index (χ0v) is 18.4. The van der Waals surface area contributed by atoms with Gasteiger partial charge < -0.3 is 4.90 Å². The van der Waals surface area contributed by atoms with E-state index >= 15 is 0 Å². The molecule has 0 amide bonds. The number of carbonyl (C=O) groups is 1. The largest absolute Gasteiger partial charge is 0.358 e. The molecule has 5 nitrogen and oxygen atoms in total. The Morgan fingerprint density at radius 2 is 1.82 bits per heavy atom. The molecular weight excluding hydrogens is 441 g/mol. The number of aromatic nitrogens is 3. The maximum absolute atomic E-state index is 14.4. The van der Waals surface area contributed by atoms with Crippen molar-refractivity contribution in [3.63, 3.8) is 0 Å². The van der Waals surface area contributed by atoms with Gasteiger partial charge in [-0.25, -0.2) is 13.2 Å². The van der Waals surface area contributed by atoms with E-state index in [-0.39, 0.29) is 23.2 Å². The molecule has 172 valence electrons. The number of benzene rings is 2. The Balaban J connectivity index is 1.47. The molecule has 2 aromatic carbocycles. The fourth-order valence-corrected chi connectivity index (χ4v) is 5.71. The first-order chi connectivity index (χ1) is 16.4. The molecule has 0 radical (unpaired) electrons. The van der Waals surface area contributed by atoms with Gasteiger partial charge >= 0.3 is 0 Å². The maximum atomic E-state index is 14.4. The molecule has 2 aliphatic rings. The summed E-state index contributed by atoms with van der Waals surface area (Å²) in [7, 11) is 1.80. The third kappa shape index (κ3) is 3.20. The zero-order chi connectivity index (χ0) is 23.6. The van der Waals surface area contributed by atoms with Gasteiger partial charge in [0.15, 0.2) is 0 Å². The van der Waals surface area contributed by atoms with E-state index in [9.17, 15) is 18.0 Å². The number of hydrogen-bond donors (Lipinski definition) is 0. The molecule has 1 saturated heterocycles. The fraction of sp³-hybridized carbons (Fsp3) is 0.269. The summed E-state index contributed by atoms with van der Waals surface area (Å²) < 4.78 is 44.1. The second-order valence-corrected chi connectivity index (χ2v) is 9.09. The second-order valence-electron chi connectivity index (χ2n) is 9.09. The third-order valence-corrected chi connectivity index (χ3v) is 6.99. The van der Waals surface area contributed by atoms with Gasteiger partial charge in [0.1, 0.15) is 29.3 Å². The van der Waals surface area contributed by atoms with E-state index in [1.54, 1.807) is 24.0 Å². The lowest BCUT2D eigenvalue weighted by Crippen LogP contribution is -2.47. The molecule has 0 unspecified atom stereocenters. The monoisotopic (exact) mass is 462 g/mol. The van der Waals surface area contributed by atoms with Gasteiger partial charge in [-0.1, -0.05) is 0 Å². The number of halogens is 3. The lowest BCUT2D eigenvalue weighted by atomic mass is 9.81. The summed E-state index contributed by atoms with van der Waals surface area (Å²) in [6.45, 7) is 0. The summed E-state index contributed by atoms with van der Waals surface area (Å²) in [5.74, 6) is -1.76. The Kier molecular flexibility index (Phi) is 4.72. The van der Waals surface area contributed by atoms with Crippen LogP contribution in [-0.4, -0.2) is 27.1 Å². The molecule has 1 fully saturated rings. The first kappa shape index (κ1) is 20.9. The van der Waals surface area contributed by atoms with Crippen LogP contribution >= 0.6 is 0 Å². The summed E-state index contributed by atoms with van der Waals surface area (Å²) in [5, 5.41) is 5.36. The van der Waals surface area contributed by atoms with Crippen LogP contribution < -0.4 is 4.90 Å². The van der Waals surface area contributed by atoms with Crippen LogP contribution in [0.1, 0.15) is 46.9 Å². The molecule has 0 saturated carbocycles. The van der Waals surface area contributed by atoms with Crippen molar-refractivity contribution in [2.45, 2.75) is 37.8 Å². The molecule has 0 aliphatic carbocycles. The van der Waals surface area contributed by atoms with Crippen molar-refractivity contribution in [3.05, 3.63) is 76.9 Å². The molecule has 2 aromatic heterocycles. The van der Waals surface area contributed by atoms with E-state index < -0.39 is 17.5 Å². The second kappa shape index (κ2) is 7.68. The normalized spacial score (nSPS) is 19.4. The molecule has 34 heavy (non-hydrogen) atoms. The van der Waals surface area contributed by atoms with Gasteiger partial charge in [-0.2, -0.15) is 5.10 Å². The minimum atomic E-state index is -0.619. The van der Waals surface area contributed by atoms with Crippen LogP contribution in [0.4, 0.5) is 18.9 Å². The van der Waals surface area contributed by atoms with Crippen LogP contribution in [0.3, 0.4) is 0 Å². The van der Waals surface area contributed by atoms with Gasteiger partial charge in [0.2, 0.25) is 0 Å². The number of piperidine rings is 1. The summed E-state index contributed by atoms with van der Waals surface area (Å²) in [6.07, 6.45) is 5.83. The van der Waals surface area contributed by atoms with Gasteiger partial charge in [-0.05, 0) is 56.0 Å². The van der Waals surface area contributed by atoms with Crippen molar-refractivity contribution in [2.24, 2.45) is 7.05 Å². The molecule has 4 aromatic rings. The van der Waals surface area contributed by atoms with E-state index in [1.165, 1.54) is 18.2 Å². The van der Waals surface area contributed by atoms with Crippen LogP contribution in [0.15, 0.2) is 42.6 Å². The lowest BCUT2D eigenvalue weighted by Gasteiger charge is -2.46. The number of anilines is 1. The van der Waals surface area contributed by atoms with Crippen LogP contribution in [-0.2, 0) is 13.5 Å². The lowest BCUT2D eigenvalue weighted by molar-refractivity contribution is 0.112. The van der Waals surface area contributed by atoms with Crippen molar-refractivity contribution < 1.29 is 18.0 Å². The highest BCUT2D eigenvalue weighted by molar-refractivity contribution is 5.89. The molecule has 2 aliphatic heterocycles. The van der Waals surface area contributed by atoms with Gasteiger partial charge in [-0.3, -0.25) is 14.5 Å². The van der Waals surface area contributed by atoms with Crippen LogP contribution in [0.25, 0.3) is 22.2 Å². The van der Waals surface area contributed by atoms with E-state index in [4.69, 9.17) is 5.10 Å². The molecule has 4 heterocycles. The third-order valence-electron chi connectivity index (χ3n) is 6.99. The minimum absolute atomic E-state index is 0.0285. The quantitative estimate of drug-likeness (QED) is 0.376. The highest BCUT2D eigenvalue weighted by Crippen LogP contribution is 2.46. The summed E-state index contributed by atoms with van der Waals surface area (Å²) in [4.78, 5) is 17.9. The van der Waals surface area contributed by atoms with Crippen LogP contribution in [0, 0.1) is 17.5 Å². The van der Waals surface area contributed by atoms with Crippen molar-refractivity contribution in [1.82, 2.24) is 14.8 Å². The van der Waals surface area contributed by atoms with E-state index in [0.29, 0.717) is 23.7 Å². The summed E-state index contributed by atoms with van der Waals surface area (Å²) >= 11 is 0. The Bertz CT molecular complexity index is 1440. The maximum Gasteiger partial charge on any atom is 0.150 e. The van der Waals surface area contributed by atoms with E-state index in [1.807, 2.05) is 6.07 Å². The number of pyridine rings is 1. The Labute approximate surface area is 193 Å². The molecule has 0 N–H and O–H groups in total. The molecule has 2 atom stereocenters. The SMILES string of the molecule is Cn1nc2c(c1-c1cc(F)cc(F)c1)C[C@H]1CCC[C@@H]2N1c1cnc2c(F)cc(C=O)cc2c1. The van der Waals surface area contributed by atoms with E-state index in [0.717, 1.165) is 48.0 Å². The first-order valence-electron chi connectivity index (χ1n) is 11.3. The van der Waals surface area contributed by atoms with Crippen molar-refractivity contribution in [2.75, 3.05) is 4.90 Å². The number of aryl methyl sites for hydroxylation is 1. The molecular formula is C26H21F3N4O. The number of rotatable bonds is 3. The van der Waals surface area contributed by atoms with E-state index in [2.05, 4.69) is 9.88 Å². The first-order valence-corrected chi connectivity index (χ1v) is 11.3. The Morgan fingerprint density at radius 3 is 2.59 bits per heavy atom. The van der Waals surface area contributed by atoms with Crippen LogP contribution in [0.2, 0.25) is 0 Å². The summed E-state index contributed by atoms with van der Waals surface area (Å²) in [6, 6.07) is 8.38.